The first kappa shape index (κ1) is 17.0. The summed E-state index contributed by atoms with van der Waals surface area (Å²) in [7, 11) is 0. The van der Waals surface area contributed by atoms with Crippen molar-refractivity contribution in [1.82, 2.24) is 0 Å². The van der Waals surface area contributed by atoms with Crippen LogP contribution in [0.5, 0.6) is 11.5 Å². The Morgan fingerprint density at radius 2 is 1.79 bits per heavy atom. The standard InChI is InChI=1S/C17H15NO6/c19-15-6-1-13(2-7-15)5-10-17(20)24-16-8-3-14(4-9-16)11-12-23-18(21)22/h1-10,19H,11-12H2/b10-5+. The fourth-order valence-electron chi connectivity index (χ4n) is 1.86. The van der Waals surface area contributed by atoms with E-state index >= 15 is 0 Å². The van der Waals surface area contributed by atoms with Crippen LogP contribution in [0.4, 0.5) is 0 Å². The van der Waals surface area contributed by atoms with Gasteiger partial charge >= 0.3 is 5.97 Å². The fourth-order valence-corrected chi connectivity index (χ4v) is 1.86. The van der Waals surface area contributed by atoms with E-state index in [1.165, 1.54) is 18.2 Å². The molecule has 0 radical (unpaired) electrons. The molecule has 124 valence electrons. The van der Waals surface area contributed by atoms with Crippen LogP contribution < -0.4 is 4.74 Å². The first-order valence-electron chi connectivity index (χ1n) is 7.08. The number of benzene rings is 2. The predicted octanol–water partition coefficient (Wildman–Crippen LogP) is 2.76. The topological polar surface area (TPSA) is 98.9 Å². The smallest absolute Gasteiger partial charge is 0.336 e. The van der Waals surface area contributed by atoms with Crippen LogP contribution in [0.2, 0.25) is 0 Å². The molecule has 0 heterocycles. The number of carbonyl (C=O) groups is 1. The largest absolute Gasteiger partial charge is 0.508 e. The van der Waals surface area contributed by atoms with Gasteiger partial charge in [0.15, 0.2) is 0 Å². The van der Waals surface area contributed by atoms with Gasteiger partial charge in [0.05, 0.1) is 0 Å². The average Bonchev–Trinajstić information content (AvgIpc) is 2.56. The van der Waals surface area contributed by atoms with Crippen molar-refractivity contribution < 1.29 is 24.6 Å². The maximum Gasteiger partial charge on any atom is 0.336 e. The van der Waals surface area contributed by atoms with Crippen LogP contribution in [0.3, 0.4) is 0 Å². The lowest BCUT2D eigenvalue weighted by molar-refractivity contribution is -0.757. The number of hydrogen-bond donors (Lipinski definition) is 1. The number of phenols is 1. The summed E-state index contributed by atoms with van der Waals surface area (Å²) in [6, 6.07) is 13.0. The minimum Gasteiger partial charge on any atom is -0.508 e. The summed E-state index contributed by atoms with van der Waals surface area (Å²) in [4.78, 5) is 26.0. The van der Waals surface area contributed by atoms with Crippen LogP contribution in [0.25, 0.3) is 6.08 Å². The van der Waals surface area contributed by atoms with E-state index in [9.17, 15) is 20.0 Å². The van der Waals surface area contributed by atoms with Crippen LogP contribution in [0.1, 0.15) is 11.1 Å². The van der Waals surface area contributed by atoms with Crippen molar-refractivity contribution in [2.75, 3.05) is 6.61 Å². The number of hydrogen-bond acceptors (Lipinski definition) is 6. The Kier molecular flexibility index (Phi) is 5.90. The quantitative estimate of drug-likeness (QED) is 0.276. The molecule has 0 aromatic heterocycles. The molecule has 0 aliphatic heterocycles. The number of phenolic OH excluding ortho intramolecular Hbond substituents is 1. The van der Waals surface area contributed by atoms with E-state index in [2.05, 4.69) is 4.84 Å². The van der Waals surface area contributed by atoms with Crippen molar-refractivity contribution in [3.63, 3.8) is 0 Å². The van der Waals surface area contributed by atoms with E-state index in [-0.39, 0.29) is 12.4 Å². The van der Waals surface area contributed by atoms with Gasteiger partial charge in [0, 0.05) is 6.08 Å². The molecule has 0 saturated carbocycles. The molecule has 2 aromatic rings. The molecule has 0 amide bonds. The Morgan fingerprint density at radius 1 is 1.12 bits per heavy atom. The van der Waals surface area contributed by atoms with E-state index in [0.717, 1.165) is 11.1 Å². The van der Waals surface area contributed by atoms with Gasteiger partial charge in [-0.05, 0) is 47.9 Å². The van der Waals surface area contributed by atoms with Crippen molar-refractivity contribution in [3.8, 4) is 11.5 Å². The Balaban J connectivity index is 1.85. The highest BCUT2D eigenvalue weighted by atomic mass is 16.9. The van der Waals surface area contributed by atoms with Gasteiger partial charge < -0.3 is 14.7 Å². The maximum atomic E-state index is 11.7. The summed E-state index contributed by atoms with van der Waals surface area (Å²) in [6.07, 6.45) is 3.24. The van der Waals surface area contributed by atoms with Crippen molar-refractivity contribution in [1.29, 1.82) is 0 Å². The van der Waals surface area contributed by atoms with Crippen LogP contribution in [0, 0.1) is 10.1 Å². The normalized spacial score (nSPS) is 10.5. The molecule has 0 saturated heterocycles. The summed E-state index contributed by atoms with van der Waals surface area (Å²) < 4.78 is 5.14. The minimum atomic E-state index is -0.837. The molecule has 0 aliphatic rings. The molecular formula is C17H15NO6. The van der Waals surface area contributed by atoms with Crippen molar-refractivity contribution in [2.45, 2.75) is 6.42 Å². The molecular weight excluding hydrogens is 314 g/mol. The summed E-state index contributed by atoms with van der Waals surface area (Å²) in [6.45, 7) is -0.0263. The fraction of sp³-hybridized carbons (Fsp3) is 0.118. The second-order valence-electron chi connectivity index (χ2n) is 4.80. The average molecular weight is 329 g/mol. The molecule has 0 fully saturated rings. The van der Waals surface area contributed by atoms with Gasteiger partial charge in [-0.25, -0.2) is 4.79 Å². The second-order valence-corrected chi connectivity index (χ2v) is 4.80. The molecule has 7 nitrogen and oxygen atoms in total. The van der Waals surface area contributed by atoms with E-state index < -0.39 is 11.1 Å². The summed E-state index contributed by atoms with van der Waals surface area (Å²) in [5.74, 6) is -0.0137. The predicted molar refractivity (Wildman–Crippen MR) is 85.9 cm³/mol. The third-order valence-electron chi connectivity index (χ3n) is 3.03. The van der Waals surface area contributed by atoms with Crippen molar-refractivity contribution in [2.24, 2.45) is 0 Å². The summed E-state index contributed by atoms with van der Waals surface area (Å²) in [5.41, 5.74) is 1.59. The maximum absolute atomic E-state index is 11.7. The van der Waals surface area contributed by atoms with Crippen LogP contribution in [0.15, 0.2) is 54.6 Å². The Labute approximate surface area is 137 Å². The Hall–Kier alpha value is -3.35. The molecule has 7 heteroatoms. The highest BCUT2D eigenvalue weighted by molar-refractivity contribution is 5.88. The lowest BCUT2D eigenvalue weighted by Gasteiger charge is -2.04. The van der Waals surface area contributed by atoms with Gasteiger partial charge in [-0.1, -0.05) is 24.3 Å². The second kappa shape index (κ2) is 8.33. The third kappa shape index (κ3) is 5.80. The molecule has 24 heavy (non-hydrogen) atoms. The Morgan fingerprint density at radius 3 is 2.42 bits per heavy atom. The van der Waals surface area contributed by atoms with Crippen LogP contribution in [-0.4, -0.2) is 22.8 Å². The highest BCUT2D eigenvalue weighted by Crippen LogP contribution is 2.14. The number of carbonyl (C=O) groups excluding carboxylic acids is 1. The zero-order valence-corrected chi connectivity index (χ0v) is 12.6. The number of nitrogens with zero attached hydrogens (tertiary/aromatic N) is 1. The van der Waals surface area contributed by atoms with Gasteiger partial charge in [-0.2, -0.15) is 0 Å². The highest BCUT2D eigenvalue weighted by Gasteiger charge is 2.02. The van der Waals surface area contributed by atoms with Crippen molar-refractivity contribution in [3.05, 3.63) is 75.8 Å². The summed E-state index contributed by atoms with van der Waals surface area (Å²) in [5, 5.41) is 18.4. The third-order valence-corrected chi connectivity index (χ3v) is 3.03. The molecule has 0 unspecified atom stereocenters. The van der Waals surface area contributed by atoms with E-state index in [1.54, 1.807) is 42.5 Å². The molecule has 0 atom stereocenters. The number of aromatic hydroxyl groups is 1. The van der Waals surface area contributed by atoms with Gasteiger partial charge in [0.1, 0.15) is 18.1 Å². The molecule has 2 aromatic carbocycles. The van der Waals surface area contributed by atoms with E-state index in [1.807, 2.05) is 0 Å². The van der Waals surface area contributed by atoms with Crippen molar-refractivity contribution >= 4 is 12.0 Å². The molecule has 2 rings (SSSR count). The summed E-state index contributed by atoms with van der Waals surface area (Å²) >= 11 is 0. The number of ether oxygens (including phenoxy) is 1. The van der Waals surface area contributed by atoms with E-state index in [0.29, 0.717) is 12.2 Å². The molecule has 0 bridgehead atoms. The Bertz CT molecular complexity index is 722. The molecule has 1 N–H and O–H groups in total. The zero-order valence-electron chi connectivity index (χ0n) is 12.6. The van der Waals surface area contributed by atoms with Crippen LogP contribution in [-0.2, 0) is 16.1 Å². The number of rotatable bonds is 7. The van der Waals surface area contributed by atoms with Gasteiger partial charge in [0.2, 0.25) is 0 Å². The zero-order chi connectivity index (χ0) is 17.4. The molecule has 0 aliphatic carbocycles. The molecule has 0 spiro atoms. The minimum absolute atomic E-state index is 0.0263. The first-order valence-corrected chi connectivity index (χ1v) is 7.08. The lowest BCUT2D eigenvalue weighted by atomic mass is 10.1. The lowest BCUT2D eigenvalue weighted by Crippen LogP contribution is -2.05. The van der Waals surface area contributed by atoms with Gasteiger partial charge in [0.25, 0.3) is 5.09 Å². The number of esters is 1. The van der Waals surface area contributed by atoms with Gasteiger partial charge in [-0.15, -0.1) is 10.1 Å². The monoisotopic (exact) mass is 329 g/mol. The van der Waals surface area contributed by atoms with Crippen LogP contribution >= 0.6 is 0 Å². The van der Waals surface area contributed by atoms with E-state index in [4.69, 9.17) is 4.74 Å². The first-order chi connectivity index (χ1) is 11.5. The van der Waals surface area contributed by atoms with Gasteiger partial charge in [-0.3, -0.25) is 0 Å². The SMILES string of the molecule is O=C(/C=C/c1ccc(O)cc1)Oc1ccc(CCO[N+](=O)[O-])cc1.